The number of aryl methyl sites for hydroxylation is 1. The van der Waals surface area contributed by atoms with Crippen molar-refractivity contribution in [2.75, 3.05) is 6.54 Å². The van der Waals surface area contributed by atoms with Gasteiger partial charge in [-0.25, -0.2) is 0 Å². The second kappa shape index (κ2) is 4.27. The van der Waals surface area contributed by atoms with E-state index < -0.39 is 0 Å². The largest absolute Gasteiger partial charge is 0.313 e. The molecule has 1 aliphatic heterocycles. The van der Waals surface area contributed by atoms with Crippen LogP contribution in [-0.2, 0) is 13.0 Å². The Morgan fingerprint density at radius 1 is 1.08 bits per heavy atom. The Morgan fingerprint density at radius 3 is 2.67 bits per heavy atom. The Labute approximate surface area is 74.8 Å². The minimum Gasteiger partial charge on any atom is -0.313 e. The van der Waals surface area contributed by atoms with Crippen LogP contribution in [0.4, 0.5) is 0 Å². The van der Waals surface area contributed by atoms with Gasteiger partial charge in [-0.05, 0) is 30.5 Å². The lowest BCUT2D eigenvalue weighted by atomic mass is 10.0. The first-order valence-corrected chi connectivity index (χ1v) is 4.24. The Bertz CT molecular complexity index is 218. The second-order valence-electron chi connectivity index (χ2n) is 3.05. The summed E-state index contributed by atoms with van der Waals surface area (Å²) >= 11 is 0. The molecule has 1 heteroatoms. The van der Waals surface area contributed by atoms with Crippen molar-refractivity contribution in [1.82, 2.24) is 5.32 Å². The highest BCUT2D eigenvalue weighted by Gasteiger charge is 2.04. The Hall–Kier alpha value is -0.820. The number of nitrogens with one attached hydrogen (secondary N) is 1. The molecule has 1 N–H and O–H groups in total. The molecule has 1 nitrogen and oxygen atoms in total. The lowest BCUT2D eigenvalue weighted by Gasteiger charge is -2.02. The van der Waals surface area contributed by atoms with E-state index in [1.54, 1.807) is 0 Å². The summed E-state index contributed by atoms with van der Waals surface area (Å²) in [5.41, 5.74) is 3.00. The van der Waals surface area contributed by atoms with Crippen LogP contribution < -0.4 is 5.32 Å². The van der Waals surface area contributed by atoms with Crippen LogP contribution in [0, 0.1) is 0 Å². The third kappa shape index (κ3) is 1.86. The molecule has 1 aliphatic rings. The number of hydrogen-bond acceptors (Lipinski definition) is 1. The Kier molecular flexibility index (Phi) is 3.30. The van der Waals surface area contributed by atoms with Gasteiger partial charge in [-0.1, -0.05) is 31.7 Å². The molecule has 0 radical (unpaired) electrons. The van der Waals surface area contributed by atoms with Crippen LogP contribution in [0.3, 0.4) is 0 Å². The Balaban J connectivity index is 0.000000720. The summed E-state index contributed by atoms with van der Waals surface area (Å²) in [5, 5.41) is 3.40. The van der Waals surface area contributed by atoms with Gasteiger partial charge >= 0.3 is 0 Å². The predicted octanol–water partition coefficient (Wildman–Crippen LogP) is 2.36. The van der Waals surface area contributed by atoms with Crippen LogP contribution in [0.25, 0.3) is 0 Å². The number of fused-ring (bicyclic) bond motifs is 1. The maximum atomic E-state index is 3.40. The summed E-state index contributed by atoms with van der Waals surface area (Å²) in [5.74, 6) is 0. The molecule has 0 saturated heterocycles. The van der Waals surface area contributed by atoms with Crippen LogP contribution in [0.2, 0.25) is 0 Å². The summed E-state index contributed by atoms with van der Waals surface area (Å²) in [6.07, 6.45) is 2.51. The molecular weight excluding hydrogens is 146 g/mol. The smallest absolute Gasteiger partial charge is 0.0208 e. The molecule has 0 amide bonds. The first-order chi connectivity index (χ1) is 5.47. The van der Waals surface area contributed by atoms with Gasteiger partial charge in [-0.2, -0.15) is 0 Å². The van der Waals surface area contributed by atoms with E-state index in [-0.39, 0.29) is 7.43 Å². The summed E-state index contributed by atoms with van der Waals surface area (Å²) in [6, 6.07) is 8.70. The van der Waals surface area contributed by atoms with E-state index in [1.807, 2.05) is 0 Å². The Morgan fingerprint density at radius 2 is 1.83 bits per heavy atom. The minimum atomic E-state index is 0. The van der Waals surface area contributed by atoms with Gasteiger partial charge in [-0.3, -0.25) is 0 Å². The minimum absolute atomic E-state index is 0. The zero-order chi connectivity index (χ0) is 7.52. The lowest BCUT2D eigenvalue weighted by Crippen LogP contribution is -2.11. The quantitative estimate of drug-likeness (QED) is 0.619. The van der Waals surface area contributed by atoms with Crippen molar-refractivity contribution in [1.29, 1.82) is 0 Å². The van der Waals surface area contributed by atoms with Crippen molar-refractivity contribution >= 4 is 0 Å². The number of rotatable bonds is 0. The van der Waals surface area contributed by atoms with E-state index in [0.717, 1.165) is 13.1 Å². The van der Waals surface area contributed by atoms with E-state index in [1.165, 1.54) is 24.0 Å². The second-order valence-corrected chi connectivity index (χ2v) is 3.05. The topological polar surface area (TPSA) is 12.0 Å². The molecule has 0 aromatic heterocycles. The van der Waals surface area contributed by atoms with Gasteiger partial charge in [-0.15, -0.1) is 0 Å². The molecule has 0 fully saturated rings. The highest BCUT2D eigenvalue weighted by atomic mass is 14.8. The molecule has 12 heavy (non-hydrogen) atoms. The van der Waals surface area contributed by atoms with Gasteiger partial charge < -0.3 is 5.32 Å². The van der Waals surface area contributed by atoms with Crippen molar-refractivity contribution in [3.05, 3.63) is 35.4 Å². The molecule has 1 aromatic rings. The lowest BCUT2D eigenvalue weighted by molar-refractivity contribution is 0.681. The maximum absolute atomic E-state index is 3.40. The molecule has 1 aromatic carbocycles. The average Bonchev–Trinajstić information content (AvgIpc) is 2.28. The molecule has 0 aliphatic carbocycles. The third-order valence-electron chi connectivity index (χ3n) is 2.23. The fourth-order valence-electron chi connectivity index (χ4n) is 1.60. The fourth-order valence-corrected chi connectivity index (χ4v) is 1.60. The van der Waals surface area contributed by atoms with Gasteiger partial charge in [0.2, 0.25) is 0 Å². The normalized spacial score (nSPS) is 15.7. The highest BCUT2D eigenvalue weighted by Crippen LogP contribution is 2.12. The van der Waals surface area contributed by atoms with Crippen LogP contribution in [0.5, 0.6) is 0 Å². The fraction of sp³-hybridized carbons (Fsp3) is 0.455. The summed E-state index contributed by atoms with van der Waals surface area (Å²) in [4.78, 5) is 0. The monoisotopic (exact) mass is 163 g/mol. The molecule has 0 unspecified atom stereocenters. The van der Waals surface area contributed by atoms with Gasteiger partial charge in [0.15, 0.2) is 0 Å². The predicted molar refractivity (Wildman–Crippen MR) is 53.2 cm³/mol. The van der Waals surface area contributed by atoms with E-state index in [2.05, 4.69) is 29.6 Å². The molecule has 0 spiro atoms. The highest BCUT2D eigenvalue weighted by molar-refractivity contribution is 5.27. The maximum Gasteiger partial charge on any atom is 0.0208 e. The van der Waals surface area contributed by atoms with Crippen molar-refractivity contribution in [3.8, 4) is 0 Å². The third-order valence-corrected chi connectivity index (χ3v) is 2.23. The molecule has 66 valence electrons. The van der Waals surface area contributed by atoms with Crippen molar-refractivity contribution < 1.29 is 0 Å². The van der Waals surface area contributed by atoms with Gasteiger partial charge in [0, 0.05) is 6.54 Å². The zero-order valence-electron chi connectivity index (χ0n) is 6.64. The summed E-state index contributed by atoms with van der Waals surface area (Å²) < 4.78 is 0. The molecule has 0 saturated carbocycles. The van der Waals surface area contributed by atoms with E-state index in [0.29, 0.717) is 0 Å². The number of benzene rings is 1. The number of hydrogen-bond donors (Lipinski definition) is 1. The van der Waals surface area contributed by atoms with Gasteiger partial charge in [0.05, 0.1) is 0 Å². The van der Waals surface area contributed by atoms with Gasteiger partial charge in [0.1, 0.15) is 0 Å². The molecule has 0 atom stereocenters. The molecule has 0 bridgehead atoms. The molecule has 1 heterocycles. The van der Waals surface area contributed by atoms with E-state index >= 15 is 0 Å². The average molecular weight is 163 g/mol. The zero-order valence-corrected chi connectivity index (χ0v) is 6.64. The van der Waals surface area contributed by atoms with Crippen molar-refractivity contribution in [2.45, 2.75) is 26.8 Å². The van der Waals surface area contributed by atoms with Crippen LogP contribution in [0.1, 0.15) is 25.0 Å². The SMILES string of the molecule is C.c1ccc2c(c1)CCCNC2. The van der Waals surface area contributed by atoms with Crippen LogP contribution >= 0.6 is 0 Å². The van der Waals surface area contributed by atoms with Crippen molar-refractivity contribution in [3.63, 3.8) is 0 Å². The molecule has 2 rings (SSSR count). The van der Waals surface area contributed by atoms with E-state index in [9.17, 15) is 0 Å². The van der Waals surface area contributed by atoms with Crippen molar-refractivity contribution in [2.24, 2.45) is 0 Å². The first kappa shape index (κ1) is 9.27. The molecular formula is C11H17N. The first-order valence-electron chi connectivity index (χ1n) is 4.24. The van der Waals surface area contributed by atoms with E-state index in [4.69, 9.17) is 0 Å². The summed E-state index contributed by atoms with van der Waals surface area (Å²) in [6.45, 7) is 2.21. The van der Waals surface area contributed by atoms with Gasteiger partial charge in [0.25, 0.3) is 0 Å². The van der Waals surface area contributed by atoms with Crippen LogP contribution in [-0.4, -0.2) is 6.54 Å². The standard InChI is InChI=1S/C10H13N.CH4/c1-2-5-10-8-11-7-3-6-9(10)4-1;/h1-2,4-5,11H,3,6-8H2;1H4. The summed E-state index contributed by atoms with van der Waals surface area (Å²) in [7, 11) is 0. The van der Waals surface area contributed by atoms with Crippen LogP contribution in [0.15, 0.2) is 24.3 Å².